The van der Waals surface area contributed by atoms with Crippen molar-refractivity contribution in [3.05, 3.63) is 66.4 Å². The highest BCUT2D eigenvalue weighted by molar-refractivity contribution is 6.10. The van der Waals surface area contributed by atoms with Gasteiger partial charge >= 0.3 is 0 Å². The van der Waals surface area contributed by atoms with Crippen LogP contribution in [0.15, 0.2) is 60.8 Å². The zero-order valence-corrected chi connectivity index (χ0v) is 14.0. The molecule has 26 heavy (non-hydrogen) atoms. The summed E-state index contributed by atoms with van der Waals surface area (Å²) in [5, 5.41) is 11.9. The fraction of sp³-hybridized carbons (Fsp3) is 0.0500. The third-order valence-corrected chi connectivity index (χ3v) is 4.59. The number of aryl methyl sites for hydroxylation is 1. The highest BCUT2D eigenvalue weighted by Gasteiger charge is 2.24. The van der Waals surface area contributed by atoms with Gasteiger partial charge in [-0.15, -0.1) is 0 Å². The Balaban J connectivity index is 1.56. The van der Waals surface area contributed by atoms with Gasteiger partial charge in [-0.2, -0.15) is 5.10 Å². The van der Waals surface area contributed by atoms with Crippen LogP contribution in [0.1, 0.15) is 10.4 Å². The SMILES string of the molecule is Cn1nc2c3c(nccc31)Nc1cc(C(=O)Nc3ccccc3)ccc1-2. The van der Waals surface area contributed by atoms with Gasteiger partial charge in [-0.05, 0) is 36.4 Å². The molecular weight excluding hydrogens is 326 g/mol. The molecule has 1 aliphatic heterocycles. The number of nitrogens with one attached hydrogen (secondary N) is 2. The van der Waals surface area contributed by atoms with Gasteiger partial charge in [-0.3, -0.25) is 9.48 Å². The number of benzene rings is 2. The molecule has 1 aliphatic rings. The van der Waals surface area contributed by atoms with Crippen molar-refractivity contribution in [2.45, 2.75) is 0 Å². The van der Waals surface area contributed by atoms with Crippen molar-refractivity contribution in [3.63, 3.8) is 0 Å². The number of carbonyl (C=O) groups excluding carboxylic acids is 1. The van der Waals surface area contributed by atoms with Gasteiger partial charge in [0.25, 0.3) is 5.91 Å². The first-order chi connectivity index (χ1) is 12.7. The Bertz CT molecular complexity index is 1160. The van der Waals surface area contributed by atoms with Crippen molar-refractivity contribution >= 4 is 34.0 Å². The summed E-state index contributed by atoms with van der Waals surface area (Å²) in [6.07, 6.45) is 1.76. The van der Waals surface area contributed by atoms with Gasteiger partial charge in [0.05, 0.1) is 10.9 Å². The molecule has 1 amide bonds. The van der Waals surface area contributed by atoms with Gasteiger partial charge in [0.1, 0.15) is 11.5 Å². The van der Waals surface area contributed by atoms with E-state index in [9.17, 15) is 4.79 Å². The van der Waals surface area contributed by atoms with Gasteiger partial charge in [0.15, 0.2) is 0 Å². The Morgan fingerprint density at radius 1 is 1.12 bits per heavy atom. The third-order valence-electron chi connectivity index (χ3n) is 4.59. The maximum atomic E-state index is 12.6. The molecule has 0 saturated carbocycles. The van der Waals surface area contributed by atoms with E-state index >= 15 is 0 Å². The molecule has 6 nitrogen and oxygen atoms in total. The van der Waals surface area contributed by atoms with Crippen molar-refractivity contribution in [2.24, 2.45) is 7.05 Å². The van der Waals surface area contributed by atoms with Crippen LogP contribution >= 0.6 is 0 Å². The Hall–Kier alpha value is -3.67. The molecule has 0 spiro atoms. The smallest absolute Gasteiger partial charge is 0.255 e. The maximum absolute atomic E-state index is 12.6. The summed E-state index contributed by atoms with van der Waals surface area (Å²) in [6.45, 7) is 0. The van der Waals surface area contributed by atoms with Crippen molar-refractivity contribution in [1.82, 2.24) is 14.8 Å². The number of rotatable bonds is 2. The topological polar surface area (TPSA) is 71.8 Å². The van der Waals surface area contributed by atoms with Crippen molar-refractivity contribution in [3.8, 4) is 11.3 Å². The monoisotopic (exact) mass is 341 g/mol. The van der Waals surface area contributed by atoms with Crippen LogP contribution in [0, 0.1) is 0 Å². The molecule has 0 atom stereocenters. The van der Waals surface area contributed by atoms with Crippen LogP contribution in [-0.4, -0.2) is 20.7 Å². The van der Waals surface area contributed by atoms with Crippen LogP contribution in [0.25, 0.3) is 22.2 Å². The molecule has 0 fully saturated rings. The fourth-order valence-corrected chi connectivity index (χ4v) is 3.34. The van der Waals surface area contributed by atoms with E-state index in [0.717, 1.165) is 39.4 Å². The van der Waals surface area contributed by atoms with Crippen LogP contribution in [0.2, 0.25) is 0 Å². The first-order valence-corrected chi connectivity index (χ1v) is 8.30. The van der Waals surface area contributed by atoms with E-state index in [0.29, 0.717) is 5.56 Å². The standard InChI is InChI=1S/C20H15N5O/c1-25-16-9-10-21-19-17(16)18(24-25)14-8-7-12(11-15(14)23-19)20(26)22-13-5-3-2-4-6-13/h2-11H,1H3,(H,21,23)(H,22,26). The number of aromatic nitrogens is 3. The minimum atomic E-state index is -0.154. The molecule has 0 radical (unpaired) electrons. The number of carbonyl (C=O) groups is 1. The molecule has 0 aliphatic carbocycles. The highest BCUT2D eigenvalue weighted by atomic mass is 16.1. The van der Waals surface area contributed by atoms with Gasteiger partial charge in [-0.1, -0.05) is 18.2 Å². The van der Waals surface area contributed by atoms with Gasteiger partial charge < -0.3 is 10.6 Å². The van der Waals surface area contributed by atoms with E-state index in [4.69, 9.17) is 0 Å². The number of fused-ring (bicyclic) bond motifs is 2. The normalized spacial score (nSPS) is 11.7. The van der Waals surface area contributed by atoms with Crippen LogP contribution in [0.4, 0.5) is 17.2 Å². The fourth-order valence-electron chi connectivity index (χ4n) is 3.34. The van der Waals surface area contributed by atoms with E-state index in [1.165, 1.54) is 0 Å². The minimum Gasteiger partial charge on any atom is -0.339 e. The second-order valence-electron chi connectivity index (χ2n) is 6.23. The first-order valence-electron chi connectivity index (χ1n) is 8.30. The largest absolute Gasteiger partial charge is 0.339 e. The summed E-state index contributed by atoms with van der Waals surface area (Å²) < 4.78 is 1.85. The number of amides is 1. The lowest BCUT2D eigenvalue weighted by Gasteiger charge is -2.17. The first kappa shape index (κ1) is 14.7. The van der Waals surface area contributed by atoms with Gasteiger partial charge in [0.2, 0.25) is 0 Å². The molecule has 0 bridgehead atoms. The lowest BCUT2D eigenvalue weighted by Crippen LogP contribution is -2.12. The third kappa shape index (κ3) is 2.16. The number of hydrogen-bond donors (Lipinski definition) is 2. The zero-order chi connectivity index (χ0) is 17.7. The summed E-state index contributed by atoms with van der Waals surface area (Å²) in [5.74, 6) is 0.609. The molecule has 0 unspecified atom stereocenters. The van der Waals surface area contributed by atoms with Gasteiger partial charge in [-0.25, -0.2) is 4.98 Å². The van der Waals surface area contributed by atoms with Crippen LogP contribution in [-0.2, 0) is 7.05 Å². The van der Waals surface area contributed by atoms with E-state index in [2.05, 4.69) is 20.7 Å². The summed E-state index contributed by atoms with van der Waals surface area (Å²) in [4.78, 5) is 17.0. The van der Waals surface area contributed by atoms with Crippen LogP contribution in [0.3, 0.4) is 0 Å². The number of hydrogen-bond acceptors (Lipinski definition) is 4. The molecule has 4 aromatic rings. The molecular formula is C20H15N5O. The van der Waals surface area contributed by atoms with E-state index in [1.807, 2.05) is 66.3 Å². The summed E-state index contributed by atoms with van der Waals surface area (Å²) in [5.41, 5.74) is 5.04. The summed E-state index contributed by atoms with van der Waals surface area (Å²) in [7, 11) is 1.92. The Labute approximate surface area is 149 Å². The summed E-state index contributed by atoms with van der Waals surface area (Å²) in [6, 6.07) is 16.9. The Morgan fingerprint density at radius 3 is 2.81 bits per heavy atom. The minimum absolute atomic E-state index is 0.154. The molecule has 126 valence electrons. The quantitative estimate of drug-likeness (QED) is 0.510. The van der Waals surface area contributed by atoms with E-state index in [1.54, 1.807) is 6.20 Å². The van der Waals surface area contributed by atoms with Crippen molar-refractivity contribution in [2.75, 3.05) is 10.6 Å². The highest BCUT2D eigenvalue weighted by Crippen LogP contribution is 2.42. The van der Waals surface area contributed by atoms with Crippen molar-refractivity contribution < 1.29 is 4.79 Å². The predicted octanol–water partition coefficient (Wildman–Crippen LogP) is 3.94. The van der Waals surface area contributed by atoms with Crippen molar-refractivity contribution in [1.29, 1.82) is 0 Å². The average Bonchev–Trinajstić information content (AvgIpc) is 3.01. The van der Waals surface area contributed by atoms with Gasteiger partial charge in [0, 0.05) is 35.7 Å². The molecule has 3 heterocycles. The van der Waals surface area contributed by atoms with Crippen LogP contribution in [0.5, 0.6) is 0 Å². The Kier molecular flexibility index (Phi) is 3.05. The lowest BCUT2D eigenvalue weighted by atomic mass is 10.00. The summed E-state index contributed by atoms with van der Waals surface area (Å²) >= 11 is 0. The molecule has 5 rings (SSSR count). The molecule has 2 N–H and O–H groups in total. The zero-order valence-electron chi connectivity index (χ0n) is 14.0. The maximum Gasteiger partial charge on any atom is 0.255 e. The molecule has 6 heteroatoms. The average molecular weight is 341 g/mol. The number of para-hydroxylation sites is 1. The number of anilines is 3. The second kappa shape index (κ2) is 5.42. The number of pyridine rings is 1. The van der Waals surface area contributed by atoms with E-state index < -0.39 is 0 Å². The molecule has 2 aromatic heterocycles. The number of nitrogens with zero attached hydrogens (tertiary/aromatic N) is 3. The van der Waals surface area contributed by atoms with Crippen LogP contribution < -0.4 is 10.6 Å². The predicted molar refractivity (Wildman–Crippen MR) is 102 cm³/mol. The molecule has 0 saturated heterocycles. The van der Waals surface area contributed by atoms with E-state index in [-0.39, 0.29) is 5.91 Å². The second-order valence-corrected chi connectivity index (χ2v) is 6.23. The Morgan fingerprint density at radius 2 is 1.96 bits per heavy atom. The molecule has 2 aromatic carbocycles. The lowest BCUT2D eigenvalue weighted by molar-refractivity contribution is 0.102.